The van der Waals surface area contributed by atoms with Gasteiger partial charge in [-0.25, -0.2) is 4.79 Å². The minimum absolute atomic E-state index is 0.232. The molecule has 9 heteroatoms. The van der Waals surface area contributed by atoms with E-state index in [0.29, 0.717) is 17.4 Å². The molecule has 0 aliphatic carbocycles. The molecule has 3 aromatic rings. The zero-order valence-corrected chi connectivity index (χ0v) is 15.5. The molecule has 0 saturated heterocycles. The molecular weight excluding hydrogens is 382 g/mol. The molecule has 0 fully saturated rings. The molecule has 0 saturated carbocycles. The maximum absolute atomic E-state index is 12.4. The van der Waals surface area contributed by atoms with Crippen LogP contribution in [-0.2, 0) is 27.3 Å². The number of nitrogens with zero attached hydrogens (tertiary/aromatic N) is 5. The van der Waals surface area contributed by atoms with E-state index in [4.69, 9.17) is 16.3 Å². The van der Waals surface area contributed by atoms with Gasteiger partial charge in [-0.3, -0.25) is 4.79 Å². The predicted molar refractivity (Wildman–Crippen MR) is 102 cm³/mol. The Labute approximate surface area is 165 Å². The number of para-hydroxylation sites is 1. The number of hydrogen-bond acceptors (Lipinski definition) is 6. The van der Waals surface area contributed by atoms with Gasteiger partial charge >= 0.3 is 5.97 Å². The molecule has 0 N–H and O–H groups in total. The standard InChI is InChI=1S/C19H16ClN5O3/c20-15-7-5-14(6-8-15)19-21-23-25(22-19)11-18(27)28-12-17(26)24-10-9-13-3-1-2-4-16(13)24/h1-8H,9-12H2. The van der Waals surface area contributed by atoms with Crippen LogP contribution >= 0.6 is 11.6 Å². The van der Waals surface area contributed by atoms with E-state index in [1.165, 1.54) is 0 Å². The van der Waals surface area contributed by atoms with Gasteiger partial charge in [0.15, 0.2) is 13.2 Å². The minimum Gasteiger partial charge on any atom is -0.454 e. The highest BCUT2D eigenvalue weighted by atomic mass is 35.5. The maximum Gasteiger partial charge on any atom is 0.330 e. The van der Waals surface area contributed by atoms with Crippen LogP contribution in [0.5, 0.6) is 0 Å². The Morgan fingerprint density at radius 2 is 1.89 bits per heavy atom. The molecule has 142 valence electrons. The second kappa shape index (κ2) is 7.77. The Morgan fingerprint density at radius 3 is 2.71 bits per heavy atom. The van der Waals surface area contributed by atoms with Crippen LogP contribution in [0, 0.1) is 0 Å². The lowest BCUT2D eigenvalue weighted by atomic mass is 10.2. The lowest BCUT2D eigenvalue weighted by Crippen LogP contribution is -2.33. The molecular formula is C19H16ClN5O3. The predicted octanol–water partition coefficient (Wildman–Crippen LogP) is 2.13. The molecule has 1 aromatic heterocycles. The van der Waals surface area contributed by atoms with E-state index in [2.05, 4.69) is 15.4 Å². The number of ether oxygens (including phenoxy) is 1. The molecule has 0 atom stereocenters. The summed E-state index contributed by atoms with van der Waals surface area (Å²) in [6.07, 6.45) is 0.798. The van der Waals surface area contributed by atoms with Crippen LogP contribution in [0.3, 0.4) is 0 Å². The summed E-state index contributed by atoms with van der Waals surface area (Å²) < 4.78 is 5.09. The number of tetrazole rings is 1. The number of carbonyl (C=O) groups excluding carboxylic acids is 2. The van der Waals surface area contributed by atoms with Crippen molar-refractivity contribution in [3.05, 3.63) is 59.1 Å². The number of anilines is 1. The highest BCUT2D eigenvalue weighted by Gasteiger charge is 2.25. The summed E-state index contributed by atoms with van der Waals surface area (Å²) in [5, 5.41) is 12.5. The topological polar surface area (TPSA) is 90.2 Å². The highest BCUT2D eigenvalue weighted by molar-refractivity contribution is 6.30. The van der Waals surface area contributed by atoms with Crippen molar-refractivity contribution in [3.8, 4) is 11.4 Å². The number of amides is 1. The van der Waals surface area contributed by atoms with E-state index < -0.39 is 5.97 Å². The molecule has 0 spiro atoms. The maximum atomic E-state index is 12.4. The van der Waals surface area contributed by atoms with Crippen molar-refractivity contribution in [1.29, 1.82) is 0 Å². The summed E-state index contributed by atoms with van der Waals surface area (Å²) >= 11 is 5.85. The molecule has 28 heavy (non-hydrogen) atoms. The van der Waals surface area contributed by atoms with Gasteiger partial charge in [-0.2, -0.15) is 4.80 Å². The number of rotatable bonds is 5. The van der Waals surface area contributed by atoms with Gasteiger partial charge in [0.25, 0.3) is 5.91 Å². The average molecular weight is 398 g/mol. The van der Waals surface area contributed by atoms with Crippen LogP contribution < -0.4 is 4.90 Å². The Bertz CT molecular complexity index is 1020. The van der Waals surface area contributed by atoms with Crippen LogP contribution in [0.25, 0.3) is 11.4 Å². The van der Waals surface area contributed by atoms with Crippen molar-refractivity contribution in [2.75, 3.05) is 18.1 Å². The number of esters is 1. The van der Waals surface area contributed by atoms with Gasteiger partial charge in [0.1, 0.15) is 0 Å². The Morgan fingerprint density at radius 1 is 1.11 bits per heavy atom. The summed E-state index contributed by atoms with van der Waals surface area (Å²) in [7, 11) is 0. The Balaban J connectivity index is 1.32. The molecule has 1 amide bonds. The summed E-state index contributed by atoms with van der Waals surface area (Å²) in [6, 6.07) is 14.6. The largest absolute Gasteiger partial charge is 0.454 e. The van der Waals surface area contributed by atoms with Crippen molar-refractivity contribution in [2.45, 2.75) is 13.0 Å². The van der Waals surface area contributed by atoms with Crippen LogP contribution in [0.1, 0.15) is 5.56 Å². The molecule has 8 nitrogen and oxygen atoms in total. The van der Waals surface area contributed by atoms with Crippen molar-refractivity contribution in [1.82, 2.24) is 20.2 Å². The average Bonchev–Trinajstić information content (AvgIpc) is 3.34. The number of aromatic nitrogens is 4. The van der Waals surface area contributed by atoms with E-state index in [1.54, 1.807) is 29.2 Å². The van der Waals surface area contributed by atoms with Gasteiger partial charge in [0, 0.05) is 22.8 Å². The van der Waals surface area contributed by atoms with Gasteiger partial charge in [-0.15, -0.1) is 10.2 Å². The lowest BCUT2D eigenvalue weighted by Gasteiger charge is -2.17. The quantitative estimate of drug-likeness (QED) is 0.612. The first kappa shape index (κ1) is 18.1. The van der Waals surface area contributed by atoms with E-state index in [9.17, 15) is 9.59 Å². The minimum atomic E-state index is -0.610. The first-order valence-corrected chi connectivity index (χ1v) is 9.05. The smallest absolute Gasteiger partial charge is 0.330 e. The first-order valence-electron chi connectivity index (χ1n) is 8.68. The number of halogens is 1. The third-order valence-corrected chi connectivity index (χ3v) is 4.62. The number of hydrogen-bond donors (Lipinski definition) is 0. The highest BCUT2D eigenvalue weighted by Crippen LogP contribution is 2.27. The number of carbonyl (C=O) groups is 2. The molecule has 1 aliphatic heterocycles. The Hall–Kier alpha value is -3.26. The van der Waals surface area contributed by atoms with Crippen LogP contribution in [-0.4, -0.2) is 45.2 Å². The van der Waals surface area contributed by atoms with Gasteiger partial charge < -0.3 is 9.64 Å². The zero-order chi connectivity index (χ0) is 19.5. The summed E-state index contributed by atoms with van der Waals surface area (Å²) in [6.45, 7) is 0.0289. The van der Waals surface area contributed by atoms with E-state index in [1.807, 2.05) is 24.3 Å². The van der Waals surface area contributed by atoms with Crippen LogP contribution in [0.15, 0.2) is 48.5 Å². The van der Waals surface area contributed by atoms with Crippen molar-refractivity contribution in [2.24, 2.45) is 0 Å². The van der Waals surface area contributed by atoms with E-state index >= 15 is 0 Å². The molecule has 0 radical (unpaired) electrons. The van der Waals surface area contributed by atoms with Crippen molar-refractivity contribution < 1.29 is 14.3 Å². The fourth-order valence-electron chi connectivity index (χ4n) is 3.00. The van der Waals surface area contributed by atoms with Crippen LogP contribution in [0.4, 0.5) is 5.69 Å². The second-order valence-electron chi connectivity index (χ2n) is 6.24. The zero-order valence-electron chi connectivity index (χ0n) is 14.8. The number of benzene rings is 2. The molecule has 0 bridgehead atoms. The third kappa shape index (κ3) is 3.86. The SMILES string of the molecule is O=C(Cn1nnc(-c2ccc(Cl)cc2)n1)OCC(=O)N1CCc2ccccc21. The lowest BCUT2D eigenvalue weighted by molar-refractivity contribution is -0.148. The van der Waals surface area contributed by atoms with Gasteiger partial charge in [-0.05, 0) is 47.5 Å². The normalized spacial score (nSPS) is 12.7. The van der Waals surface area contributed by atoms with Gasteiger partial charge in [0.2, 0.25) is 5.82 Å². The summed E-state index contributed by atoms with van der Waals surface area (Å²) in [4.78, 5) is 27.2. The second-order valence-corrected chi connectivity index (χ2v) is 6.67. The fraction of sp³-hybridized carbons (Fsp3) is 0.211. The van der Waals surface area contributed by atoms with Gasteiger partial charge in [-0.1, -0.05) is 29.8 Å². The van der Waals surface area contributed by atoms with Crippen LogP contribution in [0.2, 0.25) is 5.02 Å². The summed E-state index contributed by atoms with van der Waals surface area (Å²) in [5.74, 6) is -0.498. The van der Waals surface area contributed by atoms with Crippen molar-refractivity contribution >= 4 is 29.2 Å². The molecule has 2 aromatic carbocycles. The molecule has 2 heterocycles. The fourth-order valence-corrected chi connectivity index (χ4v) is 3.13. The third-order valence-electron chi connectivity index (χ3n) is 4.37. The Kier molecular flexibility index (Phi) is 5.03. The first-order chi connectivity index (χ1) is 13.6. The summed E-state index contributed by atoms with van der Waals surface area (Å²) in [5.41, 5.74) is 2.71. The molecule has 0 unspecified atom stereocenters. The van der Waals surface area contributed by atoms with Crippen molar-refractivity contribution in [3.63, 3.8) is 0 Å². The molecule has 4 rings (SSSR count). The van der Waals surface area contributed by atoms with Gasteiger partial charge in [0.05, 0.1) is 0 Å². The van der Waals surface area contributed by atoms with E-state index in [-0.39, 0.29) is 19.1 Å². The number of fused-ring (bicyclic) bond motifs is 1. The van der Waals surface area contributed by atoms with E-state index in [0.717, 1.165) is 28.0 Å². The monoisotopic (exact) mass is 397 g/mol. The molecule has 1 aliphatic rings.